The Morgan fingerprint density at radius 1 is 0.390 bits per heavy atom. The second kappa shape index (κ2) is 8.69. The molecule has 2 heterocycles. The molecule has 0 spiro atoms. The summed E-state index contributed by atoms with van der Waals surface area (Å²) in [6.07, 6.45) is 0. The molecule has 41 heavy (non-hydrogen) atoms. The quantitative estimate of drug-likeness (QED) is 0.207. The van der Waals surface area contributed by atoms with Crippen LogP contribution in [0, 0.1) is 0 Å². The highest BCUT2D eigenvalue weighted by molar-refractivity contribution is 7.25. The maximum absolute atomic E-state index is 6.26. The molecule has 0 N–H and O–H groups in total. The zero-order chi connectivity index (χ0) is 26.9. The molecule has 0 radical (unpaired) electrons. The van der Waals surface area contributed by atoms with Gasteiger partial charge in [-0.15, -0.1) is 11.3 Å². The van der Waals surface area contributed by atoms with E-state index in [9.17, 15) is 0 Å². The fourth-order valence-corrected chi connectivity index (χ4v) is 7.42. The normalized spacial score (nSPS) is 11.9. The summed E-state index contributed by atoms with van der Waals surface area (Å²) >= 11 is 1.87. The standard InChI is InChI=1S/C38H23NOS/c1-2-8-26(9-3-1)39(28-17-19-31-30-10-4-6-12-35(30)40-36(31)22-28)27-16-18-29-24(20-27)14-15-25-21-34-32-11-5-7-13-37(32)41-38(34)23-33(25)29/h1-23H. The molecule has 7 aromatic carbocycles. The van der Waals surface area contributed by atoms with Crippen LogP contribution in [-0.4, -0.2) is 0 Å². The van der Waals surface area contributed by atoms with Crippen molar-refractivity contribution in [3.05, 3.63) is 140 Å². The zero-order valence-corrected chi connectivity index (χ0v) is 22.9. The summed E-state index contributed by atoms with van der Waals surface area (Å²) in [6, 6.07) is 50.1. The van der Waals surface area contributed by atoms with Crippen molar-refractivity contribution in [1.29, 1.82) is 0 Å². The fourth-order valence-electron chi connectivity index (χ4n) is 6.29. The highest BCUT2D eigenvalue weighted by atomic mass is 32.1. The predicted octanol–water partition coefficient (Wildman–Crippen LogP) is 11.7. The van der Waals surface area contributed by atoms with Crippen LogP contribution in [0.5, 0.6) is 0 Å². The third-order valence-corrected chi connectivity index (χ3v) is 9.34. The lowest BCUT2D eigenvalue weighted by molar-refractivity contribution is 0.669. The number of benzene rings is 7. The van der Waals surface area contributed by atoms with E-state index >= 15 is 0 Å². The molecule has 0 aliphatic carbocycles. The largest absolute Gasteiger partial charge is 0.456 e. The summed E-state index contributed by atoms with van der Waals surface area (Å²) in [5.41, 5.74) is 5.09. The van der Waals surface area contributed by atoms with Crippen LogP contribution in [0.3, 0.4) is 0 Å². The number of fused-ring (bicyclic) bond motifs is 9. The molecule has 0 amide bonds. The molecule has 9 rings (SSSR count). The molecule has 0 saturated carbocycles. The predicted molar refractivity (Wildman–Crippen MR) is 176 cm³/mol. The lowest BCUT2D eigenvalue weighted by atomic mass is 9.99. The Morgan fingerprint density at radius 2 is 1.07 bits per heavy atom. The molecule has 0 aliphatic rings. The maximum atomic E-state index is 6.26. The van der Waals surface area contributed by atoms with Crippen molar-refractivity contribution in [2.45, 2.75) is 0 Å². The molecule has 0 bridgehead atoms. The van der Waals surface area contributed by atoms with Crippen molar-refractivity contribution < 1.29 is 4.42 Å². The molecule has 0 fully saturated rings. The van der Waals surface area contributed by atoms with Crippen LogP contribution >= 0.6 is 11.3 Å². The van der Waals surface area contributed by atoms with Gasteiger partial charge in [0.15, 0.2) is 0 Å². The van der Waals surface area contributed by atoms with E-state index in [1.807, 2.05) is 23.5 Å². The Bertz CT molecular complexity index is 2430. The number of nitrogens with zero attached hydrogens (tertiary/aromatic N) is 1. The SMILES string of the molecule is c1ccc(N(c2ccc3c(ccc4cc5c(cc43)sc3ccccc35)c2)c2ccc3c(c2)oc2ccccc23)cc1. The van der Waals surface area contributed by atoms with Crippen molar-refractivity contribution in [3.8, 4) is 0 Å². The molecule has 0 unspecified atom stereocenters. The van der Waals surface area contributed by atoms with Gasteiger partial charge >= 0.3 is 0 Å². The summed E-state index contributed by atoms with van der Waals surface area (Å²) in [5.74, 6) is 0. The van der Waals surface area contributed by atoms with E-state index in [4.69, 9.17) is 4.42 Å². The van der Waals surface area contributed by atoms with Crippen LogP contribution in [0.4, 0.5) is 17.1 Å². The minimum Gasteiger partial charge on any atom is -0.456 e. The first kappa shape index (κ1) is 22.7. The van der Waals surface area contributed by atoms with Gasteiger partial charge in [-0.1, -0.05) is 72.8 Å². The molecule has 9 aromatic rings. The third kappa shape index (κ3) is 3.49. The van der Waals surface area contributed by atoms with Crippen LogP contribution in [0.2, 0.25) is 0 Å². The van der Waals surface area contributed by atoms with Crippen LogP contribution in [0.25, 0.3) is 63.7 Å². The number of furan rings is 1. The fraction of sp³-hybridized carbons (Fsp3) is 0. The Balaban J connectivity index is 1.23. The van der Waals surface area contributed by atoms with Crippen LogP contribution in [-0.2, 0) is 0 Å². The highest BCUT2D eigenvalue weighted by Gasteiger charge is 2.16. The van der Waals surface area contributed by atoms with Gasteiger partial charge in [-0.2, -0.15) is 0 Å². The van der Waals surface area contributed by atoms with Crippen molar-refractivity contribution in [1.82, 2.24) is 0 Å². The second-order valence-corrected chi connectivity index (χ2v) is 11.7. The van der Waals surface area contributed by atoms with Crippen molar-refractivity contribution in [3.63, 3.8) is 0 Å². The Kier molecular flexibility index (Phi) is 4.80. The molecule has 0 atom stereocenters. The Labute approximate surface area is 240 Å². The molecular formula is C38H23NOS. The van der Waals surface area contributed by atoms with Gasteiger partial charge in [0.2, 0.25) is 0 Å². The number of anilines is 3. The lowest BCUT2D eigenvalue weighted by Gasteiger charge is -2.26. The molecule has 0 saturated heterocycles. The number of hydrogen-bond acceptors (Lipinski definition) is 3. The van der Waals surface area contributed by atoms with Gasteiger partial charge in [-0.05, 0) is 82.2 Å². The van der Waals surface area contributed by atoms with E-state index < -0.39 is 0 Å². The molecule has 2 aromatic heterocycles. The van der Waals surface area contributed by atoms with Crippen molar-refractivity contribution in [2.75, 3.05) is 4.90 Å². The van der Waals surface area contributed by atoms with E-state index in [1.165, 1.54) is 41.7 Å². The summed E-state index contributed by atoms with van der Waals surface area (Å²) in [5, 5.41) is 10.0. The molecule has 192 valence electrons. The molecule has 3 heteroatoms. The highest BCUT2D eigenvalue weighted by Crippen LogP contribution is 2.42. The second-order valence-electron chi connectivity index (χ2n) is 10.6. The number of thiophene rings is 1. The van der Waals surface area contributed by atoms with Crippen LogP contribution in [0.15, 0.2) is 144 Å². The van der Waals surface area contributed by atoms with E-state index in [2.05, 4.69) is 132 Å². The zero-order valence-electron chi connectivity index (χ0n) is 22.0. The van der Waals surface area contributed by atoms with E-state index in [-0.39, 0.29) is 0 Å². The van der Waals surface area contributed by atoms with Gasteiger partial charge in [0.1, 0.15) is 11.2 Å². The third-order valence-electron chi connectivity index (χ3n) is 8.21. The summed E-state index contributed by atoms with van der Waals surface area (Å²) < 4.78 is 8.94. The number of para-hydroxylation sites is 2. The first-order valence-electron chi connectivity index (χ1n) is 13.8. The first-order valence-corrected chi connectivity index (χ1v) is 14.7. The van der Waals surface area contributed by atoms with Gasteiger partial charge in [0, 0.05) is 54.1 Å². The van der Waals surface area contributed by atoms with Gasteiger partial charge in [-0.25, -0.2) is 0 Å². The van der Waals surface area contributed by atoms with Gasteiger partial charge in [0.25, 0.3) is 0 Å². The van der Waals surface area contributed by atoms with E-state index in [0.717, 1.165) is 39.0 Å². The van der Waals surface area contributed by atoms with Gasteiger partial charge in [-0.3, -0.25) is 0 Å². The minimum absolute atomic E-state index is 0.892. The smallest absolute Gasteiger partial charge is 0.137 e. The van der Waals surface area contributed by atoms with Crippen molar-refractivity contribution in [2.24, 2.45) is 0 Å². The summed E-state index contributed by atoms with van der Waals surface area (Å²) in [4.78, 5) is 2.31. The summed E-state index contributed by atoms with van der Waals surface area (Å²) in [6.45, 7) is 0. The monoisotopic (exact) mass is 541 g/mol. The number of hydrogen-bond donors (Lipinski definition) is 0. The Hall–Kier alpha value is -5.12. The lowest BCUT2D eigenvalue weighted by Crippen LogP contribution is -2.09. The van der Waals surface area contributed by atoms with Crippen molar-refractivity contribution >= 4 is 92.1 Å². The Morgan fingerprint density at radius 3 is 1.95 bits per heavy atom. The summed E-state index contributed by atoms with van der Waals surface area (Å²) in [7, 11) is 0. The topological polar surface area (TPSA) is 16.4 Å². The first-order chi connectivity index (χ1) is 20.3. The number of rotatable bonds is 3. The molecular weight excluding hydrogens is 518 g/mol. The molecule has 0 aliphatic heterocycles. The van der Waals surface area contributed by atoms with Gasteiger partial charge in [0.05, 0.1) is 0 Å². The van der Waals surface area contributed by atoms with Crippen LogP contribution < -0.4 is 4.90 Å². The maximum Gasteiger partial charge on any atom is 0.137 e. The van der Waals surface area contributed by atoms with Crippen LogP contribution in [0.1, 0.15) is 0 Å². The molecule has 2 nitrogen and oxygen atoms in total. The van der Waals surface area contributed by atoms with Gasteiger partial charge < -0.3 is 9.32 Å². The van der Waals surface area contributed by atoms with E-state index in [1.54, 1.807) is 0 Å². The average Bonchev–Trinajstić information content (AvgIpc) is 3.58. The average molecular weight is 542 g/mol. The minimum atomic E-state index is 0.892. The van der Waals surface area contributed by atoms with E-state index in [0.29, 0.717) is 0 Å².